The van der Waals surface area contributed by atoms with E-state index >= 15 is 0 Å². The molecular formula is C26H30N4O3. The Kier molecular flexibility index (Phi) is 6.13. The van der Waals surface area contributed by atoms with E-state index in [1.54, 1.807) is 18.2 Å². The van der Waals surface area contributed by atoms with Gasteiger partial charge in [0.2, 0.25) is 5.71 Å². The number of phenols is 1. The van der Waals surface area contributed by atoms with Crippen LogP contribution in [0.1, 0.15) is 43.9 Å². The molecule has 0 saturated carbocycles. The molecule has 1 aliphatic rings. The number of morpholine rings is 1. The molecule has 0 aliphatic carbocycles. The number of hydrogen-bond acceptors (Lipinski definition) is 7. The largest absolute Gasteiger partial charge is 0.508 e. The van der Waals surface area contributed by atoms with Gasteiger partial charge in [-0.2, -0.15) is 0 Å². The number of hydrogen-bond donors (Lipinski definition) is 1. The van der Waals surface area contributed by atoms with Crippen LogP contribution in [0.4, 0.5) is 5.82 Å². The van der Waals surface area contributed by atoms with Crippen LogP contribution in [0, 0.1) is 6.92 Å². The Labute approximate surface area is 193 Å². The number of furan rings is 1. The van der Waals surface area contributed by atoms with E-state index < -0.39 is 0 Å². The number of benzene rings is 1. The molecule has 1 N–H and O–H groups in total. The third-order valence-electron chi connectivity index (χ3n) is 6.22. The van der Waals surface area contributed by atoms with Gasteiger partial charge in [-0.25, -0.2) is 15.0 Å². The second kappa shape index (κ2) is 9.35. The highest BCUT2D eigenvalue weighted by Gasteiger charge is 2.24. The fraction of sp³-hybridized carbons (Fsp3) is 0.423. The van der Waals surface area contributed by atoms with Crippen LogP contribution in [0.15, 0.2) is 34.7 Å². The zero-order valence-electron chi connectivity index (χ0n) is 19.3. The van der Waals surface area contributed by atoms with Crippen LogP contribution in [0.2, 0.25) is 0 Å². The lowest BCUT2D eigenvalue weighted by Crippen LogP contribution is -2.37. The zero-order chi connectivity index (χ0) is 22.8. The quantitative estimate of drug-likeness (QED) is 0.380. The summed E-state index contributed by atoms with van der Waals surface area (Å²) in [4.78, 5) is 16.8. The summed E-state index contributed by atoms with van der Waals surface area (Å²) < 4.78 is 11.9. The average Bonchev–Trinajstić information content (AvgIpc) is 3.21. The Hall–Kier alpha value is -3.19. The van der Waals surface area contributed by atoms with Gasteiger partial charge in [0.1, 0.15) is 11.3 Å². The van der Waals surface area contributed by atoms with Crippen LogP contribution in [-0.4, -0.2) is 46.4 Å². The molecule has 0 radical (unpaired) electrons. The van der Waals surface area contributed by atoms with E-state index in [0.717, 1.165) is 59.5 Å². The molecule has 0 unspecified atom stereocenters. The molecule has 3 aromatic heterocycles. The van der Waals surface area contributed by atoms with E-state index in [0.29, 0.717) is 30.3 Å². The third-order valence-corrected chi connectivity index (χ3v) is 6.22. The van der Waals surface area contributed by atoms with Gasteiger partial charge in [0, 0.05) is 24.3 Å². The fourth-order valence-electron chi connectivity index (χ4n) is 4.49. The highest BCUT2D eigenvalue weighted by atomic mass is 16.5. The van der Waals surface area contributed by atoms with Crippen LogP contribution in [0.25, 0.3) is 33.6 Å². The van der Waals surface area contributed by atoms with E-state index in [2.05, 4.69) is 24.8 Å². The molecule has 7 nitrogen and oxygen atoms in total. The number of nitrogens with zero attached hydrogens (tertiary/aromatic N) is 4. The second-order valence-electron chi connectivity index (χ2n) is 8.72. The van der Waals surface area contributed by atoms with Gasteiger partial charge in [-0.05, 0) is 43.5 Å². The first-order chi connectivity index (χ1) is 16.1. The molecule has 7 heteroatoms. The number of unbranched alkanes of at least 4 members (excludes halogenated alkanes) is 3. The van der Waals surface area contributed by atoms with Crippen molar-refractivity contribution in [1.29, 1.82) is 0 Å². The van der Waals surface area contributed by atoms with Gasteiger partial charge < -0.3 is 19.2 Å². The smallest absolute Gasteiger partial charge is 0.229 e. The van der Waals surface area contributed by atoms with Crippen molar-refractivity contribution < 1.29 is 14.3 Å². The number of rotatable bonds is 7. The summed E-state index contributed by atoms with van der Waals surface area (Å²) in [5.74, 6) is 1.50. The predicted molar refractivity (Wildman–Crippen MR) is 130 cm³/mol. The van der Waals surface area contributed by atoms with Crippen molar-refractivity contribution in [3.63, 3.8) is 0 Å². The molecule has 1 aliphatic heterocycles. The molecule has 5 rings (SSSR count). The second-order valence-corrected chi connectivity index (χ2v) is 8.72. The van der Waals surface area contributed by atoms with Crippen LogP contribution in [0.3, 0.4) is 0 Å². The molecule has 0 amide bonds. The van der Waals surface area contributed by atoms with Crippen molar-refractivity contribution >= 4 is 28.0 Å². The summed E-state index contributed by atoms with van der Waals surface area (Å²) in [7, 11) is 0. The summed E-state index contributed by atoms with van der Waals surface area (Å²) in [5, 5.41) is 10.9. The van der Waals surface area contributed by atoms with Crippen molar-refractivity contribution in [2.45, 2.75) is 46.0 Å². The minimum atomic E-state index is 0.187. The summed E-state index contributed by atoms with van der Waals surface area (Å²) in [6.45, 7) is 7.08. The molecular weight excluding hydrogens is 416 g/mol. The molecule has 4 aromatic rings. The van der Waals surface area contributed by atoms with Crippen LogP contribution < -0.4 is 4.90 Å². The van der Waals surface area contributed by atoms with E-state index in [9.17, 15) is 5.11 Å². The summed E-state index contributed by atoms with van der Waals surface area (Å²) in [6, 6.07) is 9.21. The Morgan fingerprint density at radius 3 is 2.67 bits per heavy atom. The van der Waals surface area contributed by atoms with Crippen molar-refractivity contribution in [2.24, 2.45) is 0 Å². The first kappa shape index (κ1) is 21.6. The lowest BCUT2D eigenvalue weighted by Gasteiger charge is -2.27. The maximum Gasteiger partial charge on any atom is 0.229 e. The van der Waals surface area contributed by atoms with Gasteiger partial charge in [-0.3, -0.25) is 0 Å². The minimum absolute atomic E-state index is 0.187. The first-order valence-corrected chi connectivity index (χ1v) is 11.9. The van der Waals surface area contributed by atoms with Gasteiger partial charge in [0.15, 0.2) is 17.2 Å². The normalized spacial score (nSPS) is 14.4. The maximum absolute atomic E-state index is 10.0. The number of phenolic OH excluding ortho intramolecular Hbond substituents is 1. The van der Waals surface area contributed by atoms with Crippen molar-refractivity contribution in [2.75, 3.05) is 31.2 Å². The number of aromatic hydroxyl groups is 1. The molecule has 4 heterocycles. The monoisotopic (exact) mass is 446 g/mol. The van der Waals surface area contributed by atoms with E-state index in [-0.39, 0.29) is 5.75 Å². The number of pyridine rings is 1. The highest BCUT2D eigenvalue weighted by Crippen LogP contribution is 2.36. The van der Waals surface area contributed by atoms with Gasteiger partial charge in [0.05, 0.1) is 18.6 Å². The molecule has 0 bridgehead atoms. The zero-order valence-corrected chi connectivity index (χ0v) is 19.3. The van der Waals surface area contributed by atoms with Crippen LogP contribution in [-0.2, 0) is 11.2 Å². The van der Waals surface area contributed by atoms with E-state index in [1.807, 2.05) is 6.07 Å². The van der Waals surface area contributed by atoms with Gasteiger partial charge in [0.25, 0.3) is 0 Å². The lowest BCUT2D eigenvalue weighted by molar-refractivity contribution is 0.122. The van der Waals surface area contributed by atoms with Gasteiger partial charge in [-0.15, -0.1) is 0 Å². The Balaban J connectivity index is 1.65. The fourth-order valence-corrected chi connectivity index (χ4v) is 4.49. The van der Waals surface area contributed by atoms with Crippen molar-refractivity contribution in [3.8, 4) is 17.1 Å². The van der Waals surface area contributed by atoms with Crippen molar-refractivity contribution in [3.05, 3.63) is 41.6 Å². The number of fused-ring (bicyclic) bond motifs is 3. The predicted octanol–water partition coefficient (Wildman–Crippen LogP) is 5.41. The number of aryl methyl sites for hydroxylation is 2. The number of anilines is 1. The average molecular weight is 447 g/mol. The van der Waals surface area contributed by atoms with Crippen LogP contribution >= 0.6 is 0 Å². The summed E-state index contributed by atoms with van der Waals surface area (Å²) in [5.41, 5.74) is 4.98. The molecule has 1 fully saturated rings. The standard InChI is InChI=1S/C26H30N4O3/c1-3-4-5-6-9-19-15-17(2)21-22-23(33-26(21)27-19)25(30-11-13-32-14-12-30)29-24(28-22)18-8-7-10-20(31)16-18/h7-8,10,15-16,31H,3-6,9,11-14H2,1-2H3. The lowest BCUT2D eigenvalue weighted by atomic mass is 10.1. The molecule has 1 saturated heterocycles. The third kappa shape index (κ3) is 4.37. The number of ether oxygens (including phenoxy) is 1. The Bertz CT molecular complexity index is 1280. The van der Waals surface area contributed by atoms with E-state index in [1.165, 1.54) is 19.3 Å². The Morgan fingerprint density at radius 2 is 1.88 bits per heavy atom. The van der Waals surface area contributed by atoms with Crippen LogP contribution in [0.5, 0.6) is 5.75 Å². The van der Waals surface area contributed by atoms with E-state index in [4.69, 9.17) is 24.1 Å². The molecule has 1 aromatic carbocycles. The first-order valence-electron chi connectivity index (χ1n) is 11.9. The van der Waals surface area contributed by atoms with Gasteiger partial charge in [-0.1, -0.05) is 38.3 Å². The topological polar surface area (TPSA) is 84.5 Å². The molecule has 0 spiro atoms. The summed E-state index contributed by atoms with van der Waals surface area (Å²) >= 11 is 0. The number of aromatic nitrogens is 3. The molecule has 0 atom stereocenters. The summed E-state index contributed by atoms with van der Waals surface area (Å²) in [6.07, 6.45) is 5.77. The molecule has 172 valence electrons. The Morgan fingerprint density at radius 1 is 1.03 bits per heavy atom. The SMILES string of the molecule is CCCCCCc1cc(C)c2c(n1)oc1c(N3CCOCC3)nc(-c3cccc(O)c3)nc12. The highest BCUT2D eigenvalue weighted by molar-refractivity contribution is 6.06. The van der Waals surface area contributed by atoms with Gasteiger partial charge >= 0.3 is 0 Å². The van der Waals surface area contributed by atoms with Crippen molar-refractivity contribution in [1.82, 2.24) is 15.0 Å². The maximum atomic E-state index is 10.0. The minimum Gasteiger partial charge on any atom is -0.508 e. The molecule has 33 heavy (non-hydrogen) atoms.